The van der Waals surface area contributed by atoms with Crippen LogP contribution in [0.4, 0.5) is 5.82 Å². The lowest BCUT2D eigenvalue weighted by Crippen LogP contribution is -2.62. The third kappa shape index (κ3) is 3.52. The number of anilines is 1. The van der Waals surface area contributed by atoms with Gasteiger partial charge in [-0.2, -0.15) is 5.26 Å². The summed E-state index contributed by atoms with van der Waals surface area (Å²) >= 11 is 6.36. The van der Waals surface area contributed by atoms with Gasteiger partial charge >= 0.3 is 0 Å². The van der Waals surface area contributed by atoms with Gasteiger partial charge in [-0.3, -0.25) is 9.47 Å². The summed E-state index contributed by atoms with van der Waals surface area (Å²) in [5, 5.41) is 19.0. The first-order chi connectivity index (χ1) is 17.3. The highest BCUT2D eigenvalue weighted by atomic mass is 35.5. The molecule has 1 aromatic carbocycles. The molecule has 11 heteroatoms. The Kier molecular flexibility index (Phi) is 4.78. The molecule has 2 saturated heterocycles. The number of halogens is 1. The van der Waals surface area contributed by atoms with Crippen molar-refractivity contribution in [2.45, 2.75) is 37.9 Å². The number of nitrogens with zero attached hydrogens (tertiary/aromatic N) is 7. The largest absolute Gasteiger partial charge is 0.355 e. The minimum absolute atomic E-state index is 0.00499. The van der Waals surface area contributed by atoms with Gasteiger partial charge in [0.25, 0.3) is 0 Å². The minimum atomic E-state index is -2.93. The Bertz CT molecular complexity index is 1520. The van der Waals surface area contributed by atoms with Crippen molar-refractivity contribution in [3.8, 4) is 11.8 Å². The molecule has 0 atom stereocenters. The lowest BCUT2D eigenvalue weighted by Gasteiger charge is -2.59. The van der Waals surface area contributed by atoms with E-state index in [-0.39, 0.29) is 23.0 Å². The Balaban J connectivity index is 1.13. The van der Waals surface area contributed by atoms with Crippen molar-refractivity contribution in [3.05, 3.63) is 64.3 Å². The van der Waals surface area contributed by atoms with Crippen molar-refractivity contribution in [1.29, 1.82) is 5.26 Å². The zero-order valence-electron chi connectivity index (χ0n) is 19.5. The Hall–Kier alpha value is -3.00. The van der Waals surface area contributed by atoms with Crippen molar-refractivity contribution in [1.82, 2.24) is 24.6 Å². The van der Waals surface area contributed by atoms with Crippen LogP contribution >= 0.6 is 11.6 Å². The van der Waals surface area contributed by atoms with Crippen molar-refractivity contribution < 1.29 is 8.42 Å². The maximum absolute atomic E-state index is 11.8. The summed E-state index contributed by atoms with van der Waals surface area (Å²) in [5.74, 6) is 3.39. The average molecular weight is 522 g/mol. The predicted octanol–water partition coefficient (Wildman–Crippen LogP) is 2.68. The van der Waals surface area contributed by atoms with E-state index < -0.39 is 9.84 Å². The summed E-state index contributed by atoms with van der Waals surface area (Å²) in [4.78, 5) is 8.87. The molecule has 0 N–H and O–H groups in total. The smallest absolute Gasteiger partial charge is 0.153 e. The standard InChI is InChI=1S/C25H24ClN7O2S/c26-18-4-5-21-16(6-18)10-31(20-12-36(34,35)13-20)11-23-29-30-24(33(21)23)17-7-25(8-17)14-32(15-25)22-3-1-2-19(9-27)28-22/h1-6,17,20H,7-8,10-15H2. The Labute approximate surface area is 214 Å². The number of benzene rings is 1. The third-order valence-electron chi connectivity index (χ3n) is 8.11. The molecular weight excluding hydrogens is 498 g/mol. The maximum atomic E-state index is 11.8. The molecule has 184 valence electrons. The Morgan fingerprint density at radius 2 is 1.89 bits per heavy atom. The molecule has 0 amide bonds. The fraction of sp³-hybridized carbons (Fsp3) is 0.440. The molecular formula is C25H24ClN7O2S. The first-order valence-corrected chi connectivity index (χ1v) is 14.3. The van der Waals surface area contributed by atoms with Gasteiger partial charge in [-0.05, 0) is 48.7 Å². The second kappa shape index (κ2) is 7.75. The summed E-state index contributed by atoms with van der Waals surface area (Å²) in [5.41, 5.74) is 2.80. The van der Waals surface area contributed by atoms with Gasteiger partial charge in [0, 0.05) is 42.0 Å². The first-order valence-electron chi connectivity index (χ1n) is 12.1. The number of nitriles is 1. The molecule has 1 spiro atoms. The van der Waals surface area contributed by atoms with Crippen LogP contribution in [0.5, 0.6) is 0 Å². The molecule has 3 aromatic rings. The van der Waals surface area contributed by atoms with Gasteiger partial charge in [0.15, 0.2) is 15.7 Å². The van der Waals surface area contributed by atoms with Crippen molar-refractivity contribution >= 4 is 27.3 Å². The summed E-state index contributed by atoms with van der Waals surface area (Å²) < 4.78 is 25.9. The molecule has 0 bridgehead atoms. The zero-order chi connectivity index (χ0) is 24.7. The van der Waals surface area contributed by atoms with Gasteiger partial charge in [0.1, 0.15) is 23.4 Å². The Morgan fingerprint density at radius 1 is 1.08 bits per heavy atom. The molecule has 36 heavy (non-hydrogen) atoms. The van der Waals surface area contributed by atoms with E-state index in [1.807, 2.05) is 30.3 Å². The number of rotatable bonds is 3. The van der Waals surface area contributed by atoms with Crippen molar-refractivity contribution in [2.24, 2.45) is 5.41 Å². The number of hydrogen-bond acceptors (Lipinski definition) is 8. The van der Waals surface area contributed by atoms with Crippen LogP contribution in [0.2, 0.25) is 5.02 Å². The van der Waals surface area contributed by atoms with Crippen LogP contribution in [-0.2, 0) is 22.9 Å². The van der Waals surface area contributed by atoms with Gasteiger partial charge < -0.3 is 4.90 Å². The second-order valence-corrected chi connectivity index (χ2v) is 13.3. The van der Waals surface area contributed by atoms with Crippen LogP contribution < -0.4 is 4.90 Å². The van der Waals surface area contributed by atoms with Crippen LogP contribution in [0.3, 0.4) is 0 Å². The SMILES string of the molecule is N#Cc1cccc(N2CC3(CC(c4nnc5n4-c4ccc(Cl)cc4CN(C4CS(=O)(=O)C4)C5)C3)C2)n1. The van der Waals surface area contributed by atoms with E-state index in [1.54, 1.807) is 6.07 Å². The zero-order valence-corrected chi connectivity index (χ0v) is 21.1. The summed E-state index contributed by atoms with van der Waals surface area (Å²) in [6.07, 6.45) is 2.07. The fourth-order valence-corrected chi connectivity index (χ4v) is 8.03. The number of sulfone groups is 1. The number of fused-ring (bicyclic) bond motifs is 3. The van der Waals surface area contributed by atoms with E-state index in [0.717, 1.165) is 54.6 Å². The van der Waals surface area contributed by atoms with Crippen LogP contribution in [0.25, 0.3) is 5.69 Å². The summed E-state index contributed by atoms with van der Waals surface area (Å²) in [6.45, 7) is 3.06. The molecule has 2 aromatic heterocycles. The second-order valence-electron chi connectivity index (χ2n) is 10.7. The number of aromatic nitrogens is 4. The van der Waals surface area contributed by atoms with E-state index in [2.05, 4.69) is 35.6 Å². The molecule has 7 rings (SSSR count). The highest BCUT2D eigenvalue weighted by Gasteiger charge is 2.54. The van der Waals surface area contributed by atoms with E-state index in [9.17, 15) is 8.42 Å². The molecule has 9 nitrogen and oxygen atoms in total. The average Bonchev–Trinajstić information content (AvgIpc) is 3.11. The third-order valence-corrected chi connectivity index (χ3v) is 10.1. The molecule has 4 aliphatic rings. The van der Waals surface area contributed by atoms with E-state index >= 15 is 0 Å². The van der Waals surface area contributed by atoms with Crippen LogP contribution in [-0.4, -0.2) is 63.7 Å². The fourth-order valence-electron chi connectivity index (χ4n) is 6.33. The molecule has 3 fully saturated rings. The summed E-state index contributed by atoms with van der Waals surface area (Å²) in [7, 11) is -2.93. The van der Waals surface area contributed by atoms with E-state index in [4.69, 9.17) is 16.9 Å². The lowest BCUT2D eigenvalue weighted by atomic mass is 9.57. The molecule has 5 heterocycles. The highest BCUT2D eigenvalue weighted by molar-refractivity contribution is 7.92. The molecule has 0 radical (unpaired) electrons. The predicted molar refractivity (Wildman–Crippen MR) is 134 cm³/mol. The topological polar surface area (TPSA) is 108 Å². The van der Waals surface area contributed by atoms with Gasteiger partial charge in [-0.25, -0.2) is 13.4 Å². The van der Waals surface area contributed by atoms with Crippen LogP contribution in [0.1, 0.15) is 41.7 Å². The molecule has 0 unspecified atom stereocenters. The maximum Gasteiger partial charge on any atom is 0.153 e. The van der Waals surface area contributed by atoms with Crippen molar-refractivity contribution in [2.75, 3.05) is 29.5 Å². The monoisotopic (exact) mass is 521 g/mol. The number of hydrogen-bond donors (Lipinski definition) is 0. The van der Waals surface area contributed by atoms with Gasteiger partial charge in [0.2, 0.25) is 0 Å². The van der Waals surface area contributed by atoms with Crippen molar-refractivity contribution in [3.63, 3.8) is 0 Å². The van der Waals surface area contributed by atoms with Gasteiger partial charge in [0.05, 0.1) is 23.7 Å². The van der Waals surface area contributed by atoms with Crippen LogP contribution in [0, 0.1) is 16.7 Å². The molecule has 1 aliphatic carbocycles. The normalized spacial score (nSPS) is 22.5. The lowest BCUT2D eigenvalue weighted by molar-refractivity contribution is 0.0581. The summed E-state index contributed by atoms with van der Waals surface area (Å²) in [6, 6.07) is 13.6. The highest BCUT2D eigenvalue weighted by Crippen LogP contribution is 2.56. The van der Waals surface area contributed by atoms with E-state index in [1.165, 1.54) is 0 Å². The minimum Gasteiger partial charge on any atom is -0.355 e. The first kappa shape index (κ1) is 22.2. The van der Waals surface area contributed by atoms with E-state index in [0.29, 0.717) is 29.7 Å². The molecule has 3 aliphatic heterocycles. The quantitative estimate of drug-likeness (QED) is 0.517. The number of pyridine rings is 1. The molecule has 1 saturated carbocycles. The van der Waals surface area contributed by atoms with Gasteiger partial charge in [-0.15, -0.1) is 10.2 Å². The van der Waals surface area contributed by atoms with Gasteiger partial charge in [-0.1, -0.05) is 17.7 Å². The Morgan fingerprint density at radius 3 is 2.64 bits per heavy atom. The van der Waals surface area contributed by atoms with Crippen LogP contribution in [0.15, 0.2) is 36.4 Å².